The number of hydrogen-bond donors (Lipinski definition) is 6. The first-order valence-electron chi connectivity index (χ1n) is 13.2. The molecule has 0 radical (unpaired) electrons. The van der Waals surface area contributed by atoms with Crippen molar-refractivity contribution in [1.82, 2.24) is 10.2 Å². The summed E-state index contributed by atoms with van der Waals surface area (Å²) in [5.41, 5.74) is 2.81. The molecule has 2 aromatic carbocycles. The van der Waals surface area contributed by atoms with Gasteiger partial charge in [-0.15, -0.1) is 0 Å². The molecule has 0 aliphatic heterocycles. The largest absolute Gasteiger partial charge is 0.510 e. The maximum absolute atomic E-state index is 14.1. The quantitative estimate of drug-likeness (QED) is 0.286. The van der Waals surface area contributed by atoms with Crippen LogP contribution in [0.25, 0.3) is 11.1 Å². The van der Waals surface area contributed by atoms with E-state index in [-0.39, 0.29) is 36.1 Å². The number of carbonyl (C=O) groups is 4. The first-order chi connectivity index (χ1) is 19.7. The van der Waals surface area contributed by atoms with Gasteiger partial charge in [-0.25, -0.2) is 4.39 Å². The number of nitrogens with one attached hydrogen (secondary N) is 1. The molecule has 4 atom stereocenters. The first-order valence-corrected chi connectivity index (χ1v) is 13.2. The van der Waals surface area contributed by atoms with Crippen molar-refractivity contribution in [2.45, 2.75) is 38.0 Å². The van der Waals surface area contributed by atoms with E-state index in [4.69, 9.17) is 5.73 Å². The Labute approximate surface area is 239 Å². The van der Waals surface area contributed by atoms with Gasteiger partial charge in [-0.2, -0.15) is 0 Å². The van der Waals surface area contributed by atoms with E-state index in [0.717, 1.165) is 0 Å². The molecule has 0 unspecified atom stereocenters. The van der Waals surface area contributed by atoms with E-state index < -0.39 is 75.5 Å². The summed E-state index contributed by atoms with van der Waals surface area (Å²) >= 11 is 0. The van der Waals surface area contributed by atoms with Gasteiger partial charge in [0.2, 0.25) is 11.7 Å². The average molecular weight is 580 g/mol. The van der Waals surface area contributed by atoms with Crippen molar-refractivity contribution in [2.24, 2.45) is 17.6 Å². The van der Waals surface area contributed by atoms with Crippen LogP contribution in [0.3, 0.4) is 0 Å². The Hall–Kier alpha value is -4.55. The molecule has 2 amide bonds. The number of aromatic hydroxyl groups is 1. The van der Waals surface area contributed by atoms with E-state index >= 15 is 0 Å². The van der Waals surface area contributed by atoms with Gasteiger partial charge in [0.1, 0.15) is 28.7 Å². The second kappa shape index (κ2) is 10.1. The van der Waals surface area contributed by atoms with E-state index in [0.29, 0.717) is 16.7 Å². The van der Waals surface area contributed by atoms with Crippen molar-refractivity contribution in [2.75, 3.05) is 14.1 Å². The minimum atomic E-state index is -2.76. The summed E-state index contributed by atoms with van der Waals surface area (Å²) in [7, 11) is 3.10. The zero-order valence-corrected chi connectivity index (χ0v) is 23.1. The van der Waals surface area contributed by atoms with Gasteiger partial charge in [-0.05, 0) is 67.7 Å². The number of benzene rings is 2. The minimum absolute atomic E-state index is 0.0647. The standard InChI is InChI=1S/C30H30FN3O8/c1-12(35)33-11-15-9-17(13-4-6-16(31)7-5-13)18-8-14-10-19-23(34(2)3)26(38)22(29(32)41)28(40)30(19,42)27(39)20(14)25(37)21(18)24(15)36/h4-7,9,14,19,23,36,38-39,42H,8,10-11H2,1-3H3,(H2,32,41)(H,33,35)/t14-,19-,23-,30-/m0/s1. The molecule has 42 heavy (non-hydrogen) atoms. The number of nitrogens with zero attached hydrogens (tertiary/aromatic N) is 1. The number of likely N-dealkylation sites (N-methyl/N-ethyl adjacent to an activating group) is 1. The number of nitrogens with two attached hydrogens (primary N) is 1. The summed E-state index contributed by atoms with van der Waals surface area (Å²) in [6, 6.07) is 5.98. The number of hydrogen-bond acceptors (Lipinski definition) is 9. The van der Waals surface area contributed by atoms with Crippen molar-refractivity contribution in [3.63, 3.8) is 0 Å². The summed E-state index contributed by atoms with van der Waals surface area (Å²) in [5.74, 6) is -8.38. The van der Waals surface area contributed by atoms with E-state index in [1.165, 1.54) is 36.1 Å². The van der Waals surface area contributed by atoms with Crippen LogP contribution < -0.4 is 11.1 Å². The Morgan fingerprint density at radius 2 is 1.79 bits per heavy atom. The summed E-state index contributed by atoms with van der Waals surface area (Å²) in [6.45, 7) is 1.13. The van der Waals surface area contributed by atoms with Crippen LogP contribution in [0, 0.1) is 17.7 Å². The van der Waals surface area contributed by atoms with E-state index in [9.17, 15) is 44.0 Å². The molecular weight excluding hydrogens is 549 g/mol. The highest BCUT2D eigenvalue weighted by Gasteiger charge is 2.63. The van der Waals surface area contributed by atoms with Gasteiger partial charge in [0.25, 0.3) is 5.91 Å². The van der Waals surface area contributed by atoms with Gasteiger partial charge < -0.3 is 31.5 Å². The van der Waals surface area contributed by atoms with Crippen LogP contribution in [-0.2, 0) is 27.3 Å². The van der Waals surface area contributed by atoms with Crippen LogP contribution in [0.15, 0.2) is 53.0 Å². The van der Waals surface area contributed by atoms with Gasteiger partial charge in [0, 0.05) is 30.5 Å². The summed E-state index contributed by atoms with van der Waals surface area (Å²) in [6.07, 6.45) is -0.00174. The number of amides is 2. The maximum Gasteiger partial charge on any atom is 0.255 e. The summed E-state index contributed by atoms with van der Waals surface area (Å²) in [4.78, 5) is 52.8. The number of rotatable bonds is 5. The van der Waals surface area contributed by atoms with Gasteiger partial charge in [-0.1, -0.05) is 12.1 Å². The lowest BCUT2D eigenvalue weighted by Crippen LogP contribution is -2.63. The molecule has 0 saturated carbocycles. The second-order valence-electron chi connectivity index (χ2n) is 11.2. The van der Waals surface area contributed by atoms with Gasteiger partial charge in [0.15, 0.2) is 11.4 Å². The molecule has 220 valence electrons. The van der Waals surface area contributed by atoms with Gasteiger partial charge >= 0.3 is 0 Å². The molecule has 0 spiro atoms. The number of aliphatic hydroxyl groups is 3. The monoisotopic (exact) mass is 579 g/mol. The Kier molecular flexibility index (Phi) is 6.94. The fraction of sp³-hybridized carbons (Fsp3) is 0.333. The summed E-state index contributed by atoms with van der Waals surface area (Å²) < 4.78 is 13.8. The third-order valence-corrected chi connectivity index (χ3v) is 8.48. The Morgan fingerprint density at radius 3 is 2.36 bits per heavy atom. The third kappa shape index (κ3) is 4.17. The fourth-order valence-electron chi connectivity index (χ4n) is 6.62. The number of fused-ring (bicyclic) bond motifs is 3. The molecule has 3 aliphatic rings. The van der Waals surface area contributed by atoms with Crippen LogP contribution in [-0.4, -0.2) is 74.4 Å². The van der Waals surface area contributed by atoms with E-state index in [1.54, 1.807) is 20.2 Å². The van der Waals surface area contributed by atoms with Crippen LogP contribution in [0.5, 0.6) is 5.75 Å². The number of halogens is 1. The first kappa shape index (κ1) is 29.0. The van der Waals surface area contributed by atoms with Crippen molar-refractivity contribution in [3.05, 3.63) is 75.5 Å². The third-order valence-electron chi connectivity index (χ3n) is 8.48. The highest BCUT2D eigenvalue weighted by atomic mass is 19.1. The molecule has 2 aromatic rings. The normalized spacial score (nSPS) is 25.2. The van der Waals surface area contributed by atoms with Crippen LogP contribution >= 0.6 is 0 Å². The lowest BCUT2D eigenvalue weighted by Gasteiger charge is -2.50. The molecular formula is C30H30FN3O8. The summed E-state index contributed by atoms with van der Waals surface area (Å²) in [5, 5.41) is 48.0. The molecule has 0 aromatic heterocycles. The second-order valence-corrected chi connectivity index (χ2v) is 11.2. The Balaban J connectivity index is 1.75. The van der Waals surface area contributed by atoms with Gasteiger partial charge in [-0.3, -0.25) is 24.1 Å². The number of ketones is 2. The number of aliphatic hydroxyl groups excluding tert-OH is 2. The molecule has 0 saturated heterocycles. The molecule has 12 heteroatoms. The molecule has 11 nitrogen and oxygen atoms in total. The molecule has 0 fully saturated rings. The van der Waals surface area contributed by atoms with Crippen LogP contribution in [0.1, 0.15) is 34.8 Å². The van der Waals surface area contributed by atoms with Crippen molar-refractivity contribution < 1.29 is 44.0 Å². The zero-order valence-electron chi connectivity index (χ0n) is 23.1. The minimum Gasteiger partial charge on any atom is -0.510 e. The fourth-order valence-corrected chi connectivity index (χ4v) is 6.62. The molecule has 0 bridgehead atoms. The highest BCUT2D eigenvalue weighted by Crippen LogP contribution is 2.53. The maximum atomic E-state index is 14.1. The number of phenols is 1. The molecule has 5 rings (SSSR count). The van der Waals surface area contributed by atoms with Crippen LogP contribution in [0.2, 0.25) is 0 Å². The van der Waals surface area contributed by atoms with Crippen molar-refractivity contribution in [1.29, 1.82) is 0 Å². The smallest absolute Gasteiger partial charge is 0.255 e. The van der Waals surface area contributed by atoms with Crippen molar-refractivity contribution >= 4 is 23.4 Å². The molecule has 0 heterocycles. The molecule has 3 aliphatic carbocycles. The van der Waals surface area contributed by atoms with Crippen molar-refractivity contribution in [3.8, 4) is 16.9 Å². The predicted molar refractivity (Wildman–Crippen MR) is 147 cm³/mol. The van der Waals surface area contributed by atoms with E-state index in [2.05, 4.69) is 5.32 Å². The Morgan fingerprint density at radius 1 is 1.14 bits per heavy atom. The topological polar surface area (TPSA) is 190 Å². The molecule has 7 N–H and O–H groups in total. The van der Waals surface area contributed by atoms with Gasteiger partial charge in [0.05, 0.1) is 11.6 Å². The number of carbonyl (C=O) groups excluding carboxylic acids is 4. The number of Topliss-reactive ketones (excluding diaryl/α,β-unsaturated/α-hetero) is 2. The van der Waals surface area contributed by atoms with Crippen LogP contribution in [0.4, 0.5) is 4.39 Å². The van der Waals surface area contributed by atoms with E-state index in [1.807, 2.05) is 0 Å². The number of allylic oxidation sites excluding steroid dienone is 1. The lowest BCUT2D eigenvalue weighted by atomic mass is 9.58. The zero-order chi connectivity index (χ0) is 30.8. The Bertz CT molecular complexity index is 1630. The lowest BCUT2D eigenvalue weighted by molar-refractivity contribution is -0.148. The number of phenolic OH excluding ortho intramolecular Hbond substituents is 1. The SMILES string of the molecule is CC(=O)NCc1cc(-c2ccc(F)cc2)c2c(c1O)C(=O)C1=C(O)[C@]3(O)C(=O)C(C(N)=O)=C(O)[C@@H](N(C)C)[C@@H]3C[C@@H]1C2. The average Bonchev–Trinajstić information content (AvgIpc) is 2.90. The highest BCUT2D eigenvalue weighted by molar-refractivity contribution is 6.25. The number of primary amides is 1. The predicted octanol–water partition coefficient (Wildman–Crippen LogP) is 1.56.